The van der Waals surface area contributed by atoms with Gasteiger partial charge >= 0.3 is 5.97 Å². The Hall–Kier alpha value is -1.60. The number of anilines is 1. The van der Waals surface area contributed by atoms with Gasteiger partial charge in [0.25, 0.3) is 5.91 Å². The fraction of sp³-hybridized carbons (Fsp3) is 0.529. The maximum absolute atomic E-state index is 12.5. The molecule has 130 valence electrons. The van der Waals surface area contributed by atoms with Crippen LogP contribution in [-0.2, 0) is 16.0 Å². The third-order valence-corrected chi connectivity index (χ3v) is 4.82. The molecule has 0 aromatic heterocycles. The highest BCUT2D eigenvalue weighted by atomic mass is 79.9. The summed E-state index contributed by atoms with van der Waals surface area (Å²) in [7, 11) is 1.37. The Balaban J connectivity index is 1.92. The molecule has 6 nitrogen and oxygen atoms in total. The molecule has 0 unspecified atom stereocenters. The molecule has 1 fully saturated rings. The smallest absolute Gasteiger partial charge is 0.339 e. The first kappa shape index (κ1) is 17.2. The van der Waals surface area contributed by atoms with E-state index < -0.39 is 5.97 Å². The number of benzene rings is 1. The van der Waals surface area contributed by atoms with Crippen LogP contribution in [0.15, 0.2) is 12.1 Å². The van der Waals surface area contributed by atoms with Crippen molar-refractivity contribution in [3.8, 4) is 0 Å². The highest BCUT2D eigenvalue weighted by molar-refractivity contribution is 9.09. The molecule has 2 aliphatic heterocycles. The number of methoxy groups -OCH3 is 1. The summed E-state index contributed by atoms with van der Waals surface area (Å²) in [6.07, 6.45) is 1.75. The lowest BCUT2D eigenvalue weighted by atomic mass is 10.0. The number of hydrogen-bond acceptors (Lipinski definition) is 5. The molecule has 0 saturated carbocycles. The predicted octanol–water partition coefficient (Wildman–Crippen LogP) is 2.41. The fourth-order valence-corrected chi connectivity index (χ4v) is 3.59. The quantitative estimate of drug-likeness (QED) is 0.611. The molecular weight excluding hydrogens is 376 g/mol. The summed E-state index contributed by atoms with van der Waals surface area (Å²) in [5.41, 5.74) is 2.69. The summed E-state index contributed by atoms with van der Waals surface area (Å²) >= 11 is 3.37. The van der Waals surface area contributed by atoms with Gasteiger partial charge in [0.05, 0.1) is 12.7 Å². The van der Waals surface area contributed by atoms with Crippen LogP contribution in [0.5, 0.6) is 0 Å². The van der Waals surface area contributed by atoms with Crippen LogP contribution in [0, 0.1) is 0 Å². The number of hydrogen-bond donors (Lipinski definition) is 1. The average Bonchev–Trinajstić information content (AvgIpc) is 2.90. The molecule has 24 heavy (non-hydrogen) atoms. The number of nitrogens with zero attached hydrogens (tertiary/aromatic N) is 1. The summed E-state index contributed by atoms with van der Waals surface area (Å²) in [5.74, 6) is -0.380. The van der Waals surface area contributed by atoms with Crippen molar-refractivity contribution in [3.63, 3.8) is 0 Å². The van der Waals surface area contributed by atoms with Crippen LogP contribution in [0.25, 0.3) is 0 Å². The monoisotopic (exact) mass is 396 g/mol. The van der Waals surface area contributed by atoms with E-state index in [1.807, 2.05) is 0 Å². The van der Waals surface area contributed by atoms with Crippen molar-refractivity contribution in [2.24, 2.45) is 0 Å². The molecule has 0 spiro atoms. The second-order valence-electron chi connectivity index (χ2n) is 5.99. The van der Waals surface area contributed by atoms with Gasteiger partial charge in [0, 0.05) is 48.9 Å². The first-order valence-corrected chi connectivity index (χ1v) is 9.21. The van der Waals surface area contributed by atoms with Crippen molar-refractivity contribution in [2.75, 3.05) is 37.5 Å². The number of fused-ring (bicyclic) bond motifs is 1. The third kappa shape index (κ3) is 3.42. The first-order valence-electron chi connectivity index (χ1n) is 8.08. The Morgan fingerprint density at radius 3 is 2.83 bits per heavy atom. The van der Waals surface area contributed by atoms with E-state index >= 15 is 0 Å². The Bertz CT molecular complexity index is 644. The van der Waals surface area contributed by atoms with E-state index in [9.17, 15) is 9.59 Å². The molecule has 2 aliphatic rings. The highest BCUT2D eigenvalue weighted by Crippen LogP contribution is 2.30. The molecule has 3 rings (SSSR count). The number of nitrogens with one attached hydrogen (secondary N) is 1. The van der Waals surface area contributed by atoms with E-state index in [0.29, 0.717) is 43.1 Å². The summed E-state index contributed by atoms with van der Waals surface area (Å²) in [4.78, 5) is 26.5. The molecule has 0 aliphatic carbocycles. The normalized spacial score (nSPS) is 17.8. The minimum Gasteiger partial charge on any atom is -0.465 e. The van der Waals surface area contributed by atoms with Gasteiger partial charge in [-0.25, -0.2) is 4.79 Å². The standard InChI is InChI=1S/C17H21BrN2O4/c1-23-17(22)14-8-11-10-20(5-4-18)16(21)13(11)9-15(14)19-12-2-6-24-7-3-12/h8-9,12,19H,2-7,10H2,1H3. The first-order chi connectivity index (χ1) is 11.6. The lowest BCUT2D eigenvalue weighted by molar-refractivity contribution is 0.0601. The number of amides is 1. The van der Waals surface area contributed by atoms with Crippen molar-refractivity contribution >= 4 is 33.5 Å². The molecule has 7 heteroatoms. The van der Waals surface area contributed by atoms with Gasteiger partial charge in [0.2, 0.25) is 0 Å². The zero-order chi connectivity index (χ0) is 17.1. The van der Waals surface area contributed by atoms with Crippen molar-refractivity contribution in [1.29, 1.82) is 0 Å². The summed E-state index contributed by atoms with van der Waals surface area (Å²) < 4.78 is 10.3. The Kier molecular flexibility index (Phi) is 5.40. The van der Waals surface area contributed by atoms with E-state index in [1.165, 1.54) is 7.11 Å². The number of alkyl halides is 1. The van der Waals surface area contributed by atoms with Gasteiger partial charge in [-0.3, -0.25) is 4.79 Å². The van der Waals surface area contributed by atoms with Gasteiger partial charge in [0.1, 0.15) is 0 Å². The van der Waals surface area contributed by atoms with Crippen LogP contribution in [-0.4, -0.2) is 55.0 Å². The molecule has 1 aromatic rings. The molecule has 0 atom stereocenters. The molecular formula is C17H21BrN2O4. The molecule has 1 N–H and O–H groups in total. The van der Waals surface area contributed by atoms with Crippen LogP contribution in [0.2, 0.25) is 0 Å². The topological polar surface area (TPSA) is 67.9 Å². The van der Waals surface area contributed by atoms with Crippen LogP contribution in [0.3, 0.4) is 0 Å². The number of carbonyl (C=O) groups excluding carboxylic acids is 2. The lowest BCUT2D eigenvalue weighted by Gasteiger charge is -2.25. The Morgan fingerprint density at radius 1 is 1.42 bits per heavy atom. The Morgan fingerprint density at radius 2 is 2.17 bits per heavy atom. The third-order valence-electron chi connectivity index (χ3n) is 4.46. The van der Waals surface area contributed by atoms with Crippen molar-refractivity contribution < 1.29 is 19.1 Å². The van der Waals surface area contributed by atoms with Crippen molar-refractivity contribution in [1.82, 2.24) is 4.90 Å². The average molecular weight is 397 g/mol. The number of rotatable bonds is 5. The zero-order valence-corrected chi connectivity index (χ0v) is 15.2. The van der Waals surface area contributed by atoms with Gasteiger partial charge in [-0.05, 0) is 30.5 Å². The zero-order valence-electron chi connectivity index (χ0n) is 13.6. The second kappa shape index (κ2) is 7.53. The SMILES string of the molecule is COC(=O)c1cc2c(cc1NC1CCOCC1)C(=O)N(CCBr)C2. The summed E-state index contributed by atoms with van der Waals surface area (Å²) in [6, 6.07) is 3.82. The number of esters is 1. The van der Waals surface area contributed by atoms with E-state index in [-0.39, 0.29) is 11.9 Å². The van der Waals surface area contributed by atoms with Crippen LogP contribution < -0.4 is 5.32 Å². The van der Waals surface area contributed by atoms with Gasteiger partial charge < -0.3 is 19.7 Å². The van der Waals surface area contributed by atoms with E-state index in [4.69, 9.17) is 9.47 Å². The van der Waals surface area contributed by atoms with E-state index in [1.54, 1.807) is 17.0 Å². The van der Waals surface area contributed by atoms with Gasteiger partial charge in [0.15, 0.2) is 0 Å². The second-order valence-corrected chi connectivity index (χ2v) is 6.79. The lowest BCUT2D eigenvalue weighted by Crippen LogP contribution is -2.29. The van der Waals surface area contributed by atoms with E-state index in [0.717, 1.165) is 23.7 Å². The fourth-order valence-electron chi connectivity index (χ4n) is 3.16. The highest BCUT2D eigenvalue weighted by Gasteiger charge is 2.30. The number of ether oxygens (including phenoxy) is 2. The Labute approximate surface area is 149 Å². The largest absolute Gasteiger partial charge is 0.465 e. The van der Waals surface area contributed by atoms with Crippen LogP contribution in [0.1, 0.15) is 39.1 Å². The van der Waals surface area contributed by atoms with Crippen LogP contribution >= 0.6 is 15.9 Å². The minimum absolute atomic E-state index is 0.0101. The van der Waals surface area contributed by atoms with Crippen molar-refractivity contribution in [2.45, 2.75) is 25.4 Å². The van der Waals surface area contributed by atoms with Gasteiger partial charge in [-0.1, -0.05) is 15.9 Å². The summed E-state index contributed by atoms with van der Waals surface area (Å²) in [6.45, 7) is 2.58. The maximum Gasteiger partial charge on any atom is 0.339 e. The predicted molar refractivity (Wildman–Crippen MR) is 93.8 cm³/mol. The number of carbonyl (C=O) groups is 2. The maximum atomic E-state index is 12.5. The molecule has 0 bridgehead atoms. The molecule has 2 heterocycles. The van der Waals surface area contributed by atoms with Gasteiger partial charge in [-0.2, -0.15) is 0 Å². The molecule has 1 amide bonds. The number of halogens is 1. The van der Waals surface area contributed by atoms with Gasteiger partial charge in [-0.15, -0.1) is 0 Å². The minimum atomic E-state index is -0.390. The van der Waals surface area contributed by atoms with E-state index in [2.05, 4.69) is 21.2 Å². The van der Waals surface area contributed by atoms with Crippen molar-refractivity contribution in [3.05, 3.63) is 28.8 Å². The molecule has 0 radical (unpaired) electrons. The van der Waals surface area contributed by atoms with Crippen LogP contribution in [0.4, 0.5) is 5.69 Å². The molecule has 1 aromatic carbocycles. The molecule has 1 saturated heterocycles. The summed E-state index contributed by atoms with van der Waals surface area (Å²) in [5, 5.41) is 4.13.